The number of hydrogen-bond acceptors (Lipinski definition) is 3. The van der Waals surface area contributed by atoms with E-state index in [1.807, 2.05) is 6.92 Å². The number of amides is 1. The lowest BCUT2D eigenvalue weighted by Gasteiger charge is -2.06. The lowest BCUT2D eigenvalue weighted by atomic mass is 10.1. The molecule has 0 unspecified atom stereocenters. The molecular formula is C19H17FN2O3. The second-order valence-corrected chi connectivity index (χ2v) is 5.50. The monoisotopic (exact) mass is 340 g/mol. The zero-order valence-electron chi connectivity index (χ0n) is 13.9. The van der Waals surface area contributed by atoms with Gasteiger partial charge < -0.3 is 10.1 Å². The van der Waals surface area contributed by atoms with Gasteiger partial charge in [-0.1, -0.05) is 0 Å². The Balaban J connectivity index is 1.94. The molecule has 0 saturated carbocycles. The fraction of sp³-hybridized carbons (Fsp3) is 0.158. The van der Waals surface area contributed by atoms with Crippen LogP contribution in [0.15, 0.2) is 48.7 Å². The summed E-state index contributed by atoms with van der Waals surface area (Å²) in [4.78, 5) is 24.4. The standard InChI is InChI=1S/C19H17FN2O3/c1-3-25-15-7-5-14(6-8-15)21-19(24)17-11-22(12(2)23)18-9-4-13(20)10-16(17)18/h4-11H,3H2,1-2H3,(H,21,24). The van der Waals surface area contributed by atoms with Crippen molar-refractivity contribution in [3.63, 3.8) is 0 Å². The number of halogens is 1. The summed E-state index contributed by atoms with van der Waals surface area (Å²) in [5, 5.41) is 3.14. The van der Waals surface area contributed by atoms with Crippen molar-refractivity contribution in [1.82, 2.24) is 4.57 Å². The molecule has 0 spiro atoms. The summed E-state index contributed by atoms with van der Waals surface area (Å²) in [6.45, 7) is 3.83. The average molecular weight is 340 g/mol. The van der Waals surface area contributed by atoms with E-state index in [0.29, 0.717) is 28.9 Å². The average Bonchev–Trinajstić information content (AvgIpc) is 2.96. The van der Waals surface area contributed by atoms with Gasteiger partial charge in [-0.25, -0.2) is 4.39 Å². The Hall–Kier alpha value is -3.15. The molecule has 1 heterocycles. The number of carbonyl (C=O) groups is 2. The number of nitrogens with zero attached hydrogens (tertiary/aromatic N) is 1. The number of nitrogens with one attached hydrogen (secondary N) is 1. The predicted molar refractivity (Wildman–Crippen MR) is 93.8 cm³/mol. The van der Waals surface area contributed by atoms with Crippen LogP contribution < -0.4 is 10.1 Å². The minimum absolute atomic E-state index is 0.235. The van der Waals surface area contributed by atoms with E-state index >= 15 is 0 Å². The third kappa shape index (κ3) is 3.38. The Bertz CT molecular complexity index is 945. The van der Waals surface area contributed by atoms with Crippen LogP contribution in [-0.4, -0.2) is 23.0 Å². The van der Waals surface area contributed by atoms with Crippen molar-refractivity contribution in [2.75, 3.05) is 11.9 Å². The third-order valence-electron chi connectivity index (χ3n) is 3.77. The summed E-state index contributed by atoms with van der Waals surface area (Å²) < 4.78 is 20.3. The zero-order chi connectivity index (χ0) is 18.0. The lowest BCUT2D eigenvalue weighted by Crippen LogP contribution is -2.12. The summed E-state index contributed by atoms with van der Waals surface area (Å²) >= 11 is 0. The molecule has 1 N–H and O–H groups in total. The Morgan fingerprint density at radius 2 is 1.88 bits per heavy atom. The molecule has 0 saturated heterocycles. The van der Waals surface area contributed by atoms with Crippen LogP contribution in [0.1, 0.15) is 29.0 Å². The molecule has 25 heavy (non-hydrogen) atoms. The van der Waals surface area contributed by atoms with Gasteiger partial charge in [-0.15, -0.1) is 0 Å². The van der Waals surface area contributed by atoms with E-state index < -0.39 is 11.7 Å². The zero-order valence-corrected chi connectivity index (χ0v) is 13.9. The molecule has 3 aromatic rings. The van der Waals surface area contributed by atoms with Gasteiger partial charge >= 0.3 is 0 Å². The van der Waals surface area contributed by atoms with Crippen molar-refractivity contribution in [2.24, 2.45) is 0 Å². The number of hydrogen-bond donors (Lipinski definition) is 1. The first-order valence-electron chi connectivity index (χ1n) is 7.85. The fourth-order valence-electron chi connectivity index (χ4n) is 2.64. The second kappa shape index (κ2) is 6.76. The summed E-state index contributed by atoms with van der Waals surface area (Å²) in [5.74, 6) is -0.434. The van der Waals surface area contributed by atoms with Crippen LogP contribution in [-0.2, 0) is 0 Å². The first-order chi connectivity index (χ1) is 12.0. The van der Waals surface area contributed by atoms with E-state index in [-0.39, 0.29) is 11.5 Å². The first kappa shape index (κ1) is 16.7. The molecule has 3 rings (SSSR count). The van der Waals surface area contributed by atoms with Crippen LogP contribution in [0.3, 0.4) is 0 Å². The summed E-state index contributed by atoms with van der Waals surface area (Å²) in [7, 11) is 0. The van der Waals surface area contributed by atoms with E-state index in [9.17, 15) is 14.0 Å². The van der Waals surface area contributed by atoms with E-state index in [2.05, 4.69) is 5.32 Å². The van der Waals surface area contributed by atoms with Gasteiger partial charge in [0.1, 0.15) is 11.6 Å². The topological polar surface area (TPSA) is 60.3 Å². The summed E-state index contributed by atoms with van der Waals surface area (Å²) in [6.07, 6.45) is 1.43. The maximum absolute atomic E-state index is 13.6. The van der Waals surface area contributed by atoms with E-state index in [1.165, 1.54) is 35.9 Å². The largest absolute Gasteiger partial charge is 0.494 e. The predicted octanol–water partition coefficient (Wildman–Crippen LogP) is 4.09. The number of fused-ring (bicyclic) bond motifs is 1. The minimum atomic E-state index is -0.469. The third-order valence-corrected chi connectivity index (χ3v) is 3.77. The van der Waals surface area contributed by atoms with Crippen LogP contribution in [0.4, 0.5) is 10.1 Å². The van der Waals surface area contributed by atoms with Crippen LogP contribution in [0, 0.1) is 5.82 Å². The highest BCUT2D eigenvalue weighted by Crippen LogP contribution is 2.24. The maximum atomic E-state index is 13.6. The molecule has 0 aliphatic carbocycles. The number of aromatic nitrogens is 1. The molecule has 0 aliphatic rings. The molecule has 0 aliphatic heterocycles. The molecule has 0 fully saturated rings. The quantitative estimate of drug-likeness (QED) is 0.778. The molecule has 0 bridgehead atoms. The number of rotatable bonds is 4. The van der Waals surface area contributed by atoms with Crippen molar-refractivity contribution >= 4 is 28.4 Å². The lowest BCUT2D eigenvalue weighted by molar-refractivity contribution is 0.0941. The van der Waals surface area contributed by atoms with Crippen molar-refractivity contribution < 1.29 is 18.7 Å². The Labute approximate surface area is 144 Å². The smallest absolute Gasteiger partial charge is 0.257 e. The van der Waals surface area contributed by atoms with E-state index in [1.54, 1.807) is 24.3 Å². The van der Waals surface area contributed by atoms with Crippen LogP contribution >= 0.6 is 0 Å². The molecule has 1 amide bonds. The molecule has 5 nitrogen and oxygen atoms in total. The normalized spacial score (nSPS) is 10.7. The highest BCUT2D eigenvalue weighted by Gasteiger charge is 2.17. The molecule has 128 valence electrons. The van der Waals surface area contributed by atoms with Crippen molar-refractivity contribution in [3.8, 4) is 5.75 Å². The van der Waals surface area contributed by atoms with Crippen molar-refractivity contribution in [2.45, 2.75) is 13.8 Å². The molecule has 0 radical (unpaired) electrons. The number of ether oxygens (including phenoxy) is 1. The van der Waals surface area contributed by atoms with Gasteiger partial charge in [0.2, 0.25) is 5.91 Å². The Morgan fingerprint density at radius 3 is 2.52 bits per heavy atom. The molecule has 6 heteroatoms. The second-order valence-electron chi connectivity index (χ2n) is 5.50. The van der Waals surface area contributed by atoms with Gasteiger partial charge in [0, 0.05) is 24.2 Å². The van der Waals surface area contributed by atoms with Gasteiger partial charge in [-0.2, -0.15) is 0 Å². The molecule has 1 aromatic heterocycles. The minimum Gasteiger partial charge on any atom is -0.494 e. The molecular weight excluding hydrogens is 323 g/mol. The number of benzene rings is 2. The Morgan fingerprint density at radius 1 is 1.16 bits per heavy atom. The Kier molecular flexibility index (Phi) is 4.52. The highest BCUT2D eigenvalue weighted by molar-refractivity contribution is 6.14. The SMILES string of the molecule is CCOc1ccc(NC(=O)c2cn(C(C)=O)c3ccc(F)cc23)cc1. The van der Waals surface area contributed by atoms with Crippen LogP contribution in [0.5, 0.6) is 5.75 Å². The molecule has 2 aromatic carbocycles. The van der Waals surface area contributed by atoms with Crippen LogP contribution in [0.2, 0.25) is 0 Å². The van der Waals surface area contributed by atoms with E-state index in [0.717, 1.165) is 0 Å². The number of anilines is 1. The van der Waals surface area contributed by atoms with E-state index in [4.69, 9.17) is 4.74 Å². The summed E-state index contributed by atoms with van der Waals surface area (Å²) in [6, 6.07) is 10.9. The van der Waals surface area contributed by atoms with Gasteiger partial charge in [0.05, 0.1) is 17.7 Å². The first-order valence-corrected chi connectivity index (χ1v) is 7.85. The van der Waals surface area contributed by atoms with Crippen molar-refractivity contribution in [1.29, 1.82) is 0 Å². The molecule has 0 atom stereocenters. The van der Waals surface area contributed by atoms with Gasteiger partial charge in [-0.05, 0) is 49.4 Å². The van der Waals surface area contributed by atoms with Crippen LogP contribution in [0.25, 0.3) is 10.9 Å². The summed E-state index contributed by atoms with van der Waals surface area (Å²) in [5.41, 5.74) is 1.30. The highest BCUT2D eigenvalue weighted by atomic mass is 19.1. The fourth-order valence-corrected chi connectivity index (χ4v) is 2.64. The van der Waals surface area contributed by atoms with Gasteiger partial charge in [-0.3, -0.25) is 14.2 Å². The van der Waals surface area contributed by atoms with Crippen molar-refractivity contribution in [3.05, 3.63) is 60.0 Å². The number of carbonyl (C=O) groups excluding carboxylic acids is 2. The van der Waals surface area contributed by atoms with Gasteiger partial charge in [0.15, 0.2) is 0 Å². The van der Waals surface area contributed by atoms with Gasteiger partial charge in [0.25, 0.3) is 5.91 Å². The maximum Gasteiger partial charge on any atom is 0.257 e.